The summed E-state index contributed by atoms with van der Waals surface area (Å²) < 4.78 is 5.21. The van der Waals surface area contributed by atoms with Crippen LogP contribution in [0.25, 0.3) is 0 Å². The number of amides is 1. The first-order valence-electron chi connectivity index (χ1n) is 6.87. The molecule has 3 rings (SSSR count). The Balaban J connectivity index is 1.61. The molecule has 7 heteroatoms. The predicted molar refractivity (Wildman–Crippen MR) is 87.5 cm³/mol. The molecule has 0 atom stereocenters. The number of hydrogen-bond acceptors (Lipinski definition) is 5. The lowest BCUT2D eigenvalue weighted by Crippen LogP contribution is -2.14. The first kappa shape index (κ1) is 15.1. The van der Waals surface area contributed by atoms with Gasteiger partial charge in [-0.05, 0) is 42.5 Å². The summed E-state index contributed by atoms with van der Waals surface area (Å²) in [4.78, 5) is 12.1. The monoisotopic (exact) mass is 328 g/mol. The van der Waals surface area contributed by atoms with Crippen LogP contribution in [-0.2, 0) is 6.54 Å². The number of furan rings is 1. The van der Waals surface area contributed by atoms with E-state index in [-0.39, 0.29) is 11.6 Å². The Labute approximate surface area is 137 Å². The molecule has 0 aliphatic rings. The van der Waals surface area contributed by atoms with Crippen molar-refractivity contribution in [2.45, 2.75) is 6.54 Å². The number of carbonyl (C=O) groups is 1. The van der Waals surface area contributed by atoms with E-state index in [9.17, 15) is 4.79 Å². The first-order valence-corrected chi connectivity index (χ1v) is 7.25. The highest BCUT2D eigenvalue weighted by molar-refractivity contribution is 6.30. The second-order valence-corrected chi connectivity index (χ2v) is 5.14. The summed E-state index contributed by atoms with van der Waals surface area (Å²) >= 11 is 5.88. The fourth-order valence-corrected chi connectivity index (χ4v) is 2.09. The zero-order valence-electron chi connectivity index (χ0n) is 12.0. The highest BCUT2D eigenvalue weighted by Gasteiger charge is 2.09. The van der Waals surface area contributed by atoms with Crippen molar-refractivity contribution in [2.24, 2.45) is 0 Å². The average Bonchev–Trinajstić information content (AvgIpc) is 3.07. The third-order valence-electron chi connectivity index (χ3n) is 3.00. The molecule has 23 heavy (non-hydrogen) atoms. The molecule has 0 saturated carbocycles. The number of nitrogens with one attached hydrogen (secondary N) is 2. The number of halogens is 1. The van der Waals surface area contributed by atoms with Crippen LogP contribution in [0.3, 0.4) is 0 Å². The first-order chi connectivity index (χ1) is 11.2. The molecule has 6 nitrogen and oxygen atoms in total. The molecule has 116 valence electrons. The van der Waals surface area contributed by atoms with Crippen LogP contribution in [0.5, 0.6) is 0 Å². The van der Waals surface area contributed by atoms with Gasteiger partial charge in [0.2, 0.25) is 0 Å². The minimum atomic E-state index is -0.350. The van der Waals surface area contributed by atoms with Gasteiger partial charge in [0.1, 0.15) is 11.6 Å². The Bertz CT molecular complexity index is 788. The van der Waals surface area contributed by atoms with Gasteiger partial charge in [0.15, 0.2) is 5.69 Å². The summed E-state index contributed by atoms with van der Waals surface area (Å²) in [5.74, 6) is 0.993. The van der Waals surface area contributed by atoms with Gasteiger partial charge < -0.3 is 15.1 Å². The zero-order chi connectivity index (χ0) is 16.1. The number of nitrogens with zero attached hydrogens (tertiary/aromatic N) is 2. The van der Waals surface area contributed by atoms with E-state index in [4.69, 9.17) is 16.0 Å². The van der Waals surface area contributed by atoms with E-state index in [1.54, 1.807) is 42.7 Å². The molecular weight excluding hydrogens is 316 g/mol. The number of hydrogen-bond donors (Lipinski definition) is 2. The van der Waals surface area contributed by atoms with E-state index in [0.29, 0.717) is 23.1 Å². The van der Waals surface area contributed by atoms with E-state index < -0.39 is 0 Å². The van der Waals surface area contributed by atoms with E-state index in [1.807, 2.05) is 12.1 Å². The maximum absolute atomic E-state index is 12.1. The molecule has 2 aromatic heterocycles. The van der Waals surface area contributed by atoms with Gasteiger partial charge in [-0.2, -0.15) is 0 Å². The van der Waals surface area contributed by atoms with E-state index in [0.717, 1.165) is 5.76 Å². The summed E-state index contributed by atoms with van der Waals surface area (Å²) in [5.41, 5.74) is 0.817. The van der Waals surface area contributed by atoms with Crippen molar-refractivity contribution in [3.8, 4) is 0 Å². The molecule has 0 spiro atoms. The lowest BCUT2D eigenvalue weighted by Gasteiger charge is -2.06. The molecule has 0 radical (unpaired) electrons. The van der Waals surface area contributed by atoms with Crippen molar-refractivity contribution in [3.05, 3.63) is 71.3 Å². The normalized spacial score (nSPS) is 10.3. The van der Waals surface area contributed by atoms with Crippen LogP contribution >= 0.6 is 11.6 Å². The zero-order valence-corrected chi connectivity index (χ0v) is 12.7. The number of rotatable bonds is 5. The van der Waals surface area contributed by atoms with Gasteiger partial charge in [-0.1, -0.05) is 17.7 Å². The van der Waals surface area contributed by atoms with Crippen LogP contribution in [0, 0.1) is 0 Å². The number of anilines is 2. The van der Waals surface area contributed by atoms with Crippen LogP contribution < -0.4 is 10.6 Å². The third-order valence-corrected chi connectivity index (χ3v) is 3.24. The van der Waals surface area contributed by atoms with Gasteiger partial charge in [0.25, 0.3) is 5.91 Å². The summed E-state index contributed by atoms with van der Waals surface area (Å²) in [7, 11) is 0. The number of aromatic nitrogens is 2. The Morgan fingerprint density at radius 3 is 2.74 bits per heavy atom. The molecule has 0 unspecified atom stereocenters. The summed E-state index contributed by atoms with van der Waals surface area (Å²) in [6, 6.07) is 13.8. The highest BCUT2D eigenvalue weighted by Crippen LogP contribution is 2.15. The minimum absolute atomic E-state index is 0.216. The fraction of sp³-hybridized carbons (Fsp3) is 0.0625. The maximum atomic E-state index is 12.1. The molecule has 3 aromatic rings. The largest absolute Gasteiger partial charge is 0.467 e. The topological polar surface area (TPSA) is 80.0 Å². The van der Waals surface area contributed by atoms with Crippen molar-refractivity contribution >= 4 is 29.0 Å². The van der Waals surface area contributed by atoms with Crippen LogP contribution in [-0.4, -0.2) is 16.1 Å². The molecule has 0 bridgehead atoms. The van der Waals surface area contributed by atoms with Crippen LogP contribution in [0.15, 0.2) is 59.2 Å². The fourth-order valence-electron chi connectivity index (χ4n) is 1.90. The van der Waals surface area contributed by atoms with E-state index >= 15 is 0 Å². The quantitative estimate of drug-likeness (QED) is 0.748. The lowest BCUT2D eigenvalue weighted by molar-refractivity contribution is 0.102. The standard InChI is InChI=1S/C16H13ClN4O2/c17-11-3-1-4-12(9-11)19-16(22)14-6-7-15(21-20-14)18-10-13-5-2-8-23-13/h1-9H,10H2,(H,18,21)(H,19,22). The molecule has 0 saturated heterocycles. The third kappa shape index (κ3) is 4.08. The summed E-state index contributed by atoms with van der Waals surface area (Å²) in [6.45, 7) is 0.496. The lowest BCUT2D eigenvalue weighted by atomic mass is 10.3. The molecule has 1 aromatic carbocycles. The Morgan fingerprint density at radius 1 is 1.13 bits per heavy atom. The maximum Gasteiger partial charge on any atom is 0.276 e. The molecule has 0 aliphatic carbocycles. The number of carbonyl (C=O) groups excluding carboxylic acids is 1. The Morgan fingerprint density at radius 2 is 2.04 bits per heavy atom. The minimum Gasteiger partial charge on any atom is -0.467 e. The van der Waals surface area contributed by atoms with Gasteiger partial charge in [-0.25, -0.2) is 0 Å². The summed E-state index contributed by atoms with van der Waals surface area (Å²) in [6.07, 6.45) is 1.60. The van der Waals surface area contributed by atoms with Gasteiger partial charge >= 0.3 is 0 Å². The molecule has 2 heterocycles. The van der Waals surface area contributed by atoms with Crippen LogP contribution in [0.1, 0.15) is 16.2 Å². The van der Waals surface area contributed by atoms with Crippen molar-refractivity contribution < 1.29 is 9.21 Å². The molecule has 0 aliphatic heterocycles. The smallest absolute Gasteiger partial charge is 0.276 e. The van der Waals surface area contributed by atoms with Gasteiger partial charge in [-0.15, -0.1) is 10.2 Å². The van der Waals surface area contributed by atoms with Crippen LogP contribution in [0.4, 0.5) is 11.5 Å². The second-order valence-electron chi connectivity index (χ2n) is 4.70. The van der Waals surface area contributed by atoms with Crippen molar-refractivity contribution in [1.29, 1.82) is 0 Å². The van der Waals surface area contributed by atoms with E-state index in [1.165, 1.54) is 0 Å². The second kappa shape index (κ2) is 6.93. The molecule has 1 amide bonds. The molecule has 0 fully saturated rings. The average molecular weight is 329 g/mol. The number of benzene rings is 1. The highest BCUT2D eigenvalue weighted by atomic mass is 35.5. The van der Waals surface area contributed by atoms with E-state index in [2.05, 4.69) is 20.8 Å². The predicted octanol–water partition coefficient (Wildman–Crippen LogP) is 3.59. The Hall–Kier alpha value is -2.86. The Kier molecular flexibility index (Phi) is 4.54. The van der Waals surface area contributed by atoms with Crippen molar-refractivity contribution in [3.63, 3.8) is 0 Å². The summed E-state index contributed by atoms with van der Waals surface area (Å²) in [5, 5.41) is 14.2. The molecule has 2 N–H and O–H groups in total. The van der Waals surface area contributed by atoms with Gasteiger partial charge in [-0.3, -0.25) is 4.79 Å². The van der Waals surface area contributed by atoms with Gasteiger partial charge in [0, 0.05) is 10.7 Å². The molecular formula is C16H13ClN4O2. The van der Waals surface area contributed by atoms with Crippen LogP contribution in [0.2, 0.25) is 5.02 Å². The van der Waals surface area contributed by atoms with Crippen molar-refractivity contribution in [1.82, 2.24) is 10.2 Å². The SMILES string of the molecule is O=C(Nc1cccc(Cl)c1)c1ccc(NCc2ccco2)nn1. The van der Waals surface area contributed by atoms with Crippen molar-refractivity contribution in [2.75, 3.05) is 10.6 Å². The van der Waals surface area contributed by atoms with Gasteiger partial charge in [0.05, 0.1) is 12.8 Å².